The molecule has 1 fully saturated rings. The summed E-state index contributed by atoms with van der Waals surface area (Å²) in [6, 6.07) is 5.57. The lowest BCUT2D eigenvalue weighted by Gasteiger charge is -2.39. The summed E-state index contributed by atoms with van der Waals surface area (Å²) < 4.78 is 6.20. The van der Waals surface area contributed by atoms with Crippen LogP contribution in [0.5, 0.6) is 5.75 Å². The number of carbonyl (C=O) groups is 1. The van der Waals surface area contributed by atoms with Crippen molar-refractivity contribution in [2.45, 2.75) is 19.4 Å². The minimum absolute atomic E-state index is 0.0270. The number of hydrogen-bond acceptors (Lipinski definition) is 4. The van der Waals surface area contributed by atoms with Crippen molar-refractivity contribution in [1.29, 1.82) is 0 Å². The largest absolute Gasteiger partial charge is 0.495 e. The van der Waals surface area contributed by atoms with Gasteiger partial charge in [0, 0.05) is 30.7 Å². The van der Waals surface area contributed by atoms with Crippen LogP contribution in [0, 0.1) is 0 Å². The van der Waals surface area contributed by atoms with Crippen LogP contribution in [0.25, 0.3) is 0 Å². The van der Waals surface area contributed by atoms with Gasteiger partial charge in [0.1, 0.15) is 5.75 Å². The average Bonchev–Trinajstić information content (AvgIpc) is 2.48. The highest BCUT2D eigenvalue weighted by Gasteiger charge is 2.35. The molecule has 1 aromatic carbocycles. The molecule has 1 aliphatic heterocycles. The minimum atomic E-state index is -0.560. The van der Waals surface area contributed by atoms with Crippen molar-refractivity contribution in [2.24, 2.45) is 0 Å². The number of piperazine rings is 1. The maximum atomic E-state index is 12.7. The summed E-state index contributed by atoms with van der Waals surface area (Å²) in [4.78, 5) is 14.9. The monoisotopic (exact) mass is 355 g/mol. The maximum absolute atomic E-state index is 12.7. The highest BCUT2D eigenvalue weighted by Crippen LogP contribution is 2.29. The lowest BCUT2D eigenvalue weighted by atomic mass is 10.00. The average molecular weight is 356 g/mol. The number of anilines is 1. The topological polar surface area (TPSA) is 53.6 Å². The van der Waals surface area contributed by atoms with Crippen molar-refractivity contribution in [2.75, 3.05) is 38.6 Å². The number of hydrogen-bond donors (Lipinski definition) is 2. The zero-order valence-corrected chi connectivity index (χ0v) is 14.3. The molecule has 0 aromatic heterocycles. The van der Waals surface area contributed by atoms with Gasteiger partial charge in [0.05, 0.1) is 18.3 Å². The van der Waals surface area contributed by atoms with Crippen molar-refractivity contribution in [1.82, 2.24) is 10.2 Å². The molecule has 5 nitrogen and oxygen atoms in total. The van der Waals surface area contributed by atoms with Crippen LogP contribution in [-0.4, -0.2) is 49.6 Å². The Labute approximate surface area is 134 Å². The van der Waals surface area contributed by atoms with Gasteiger partial charge in [-0.2, -0.15) is 0 Å². The van der Waals surface area contributed by atoms with Gasteiger partial charge in [0.15, 0.2) is 0 Å². The Morgan fingerprint density at radius 2 is 2.05 bits per heavy atom. The van der Waals surface area contributed by atoms with E-state index in [1.165, 1.54) is 0 Å². The summed E-state index contributed by atoms with van der Waals surface area (Å²) in [6.45, 7) is 7.48. The smallest absolute Gasteiger partial charge is 0.244 e. The van der Waals surface area contributed by atoms with Crippen LogP contribution >= 0.6 is 15.9 Å². The number of nitrogens with one attached hydrogen (secondary N) is 2. The molecule has 0 radical (unpaired) electrons. The van der Waals surface area contributed by atoms with E-state index in [-0.39, 0.29) is 5.91 Å². The van der Waals surface area contributed by atoms with Crippen LogP contribution < -0.4 is 15.4 Å². The number of halogens is 1. The minimum Gasteiger partial charge on any atom is -0.495 e. The molecule has 0 aliphatic carbocycles. The molecule has 116 valence electrons. The zero-order valence-electron chi connectivity index (χ0n) is 12.7. The number of ether oxygens (including phenoxy) is 1. The van der Waals surface area contributed by atoms with Gasteiger partial charge in [0.25, 0.3) is 0 Å². The van der Waals surface area contributed by atoms with E-state index in [2.05, 4.69) is 31.5 Å². The SMILES string of the molecule is COc1ccc(Br)cc1NC(=O)C(C)(C)N1CCNCC1. The third kappa shape index (κ3) is 3.75. The second-order valence-corrected chi connectivity index (χ2v) is 6.51. The van der Waals surface area contributed by atoms with Crippen LogP contribution in [0.3, 0.4) is 0 Å². The van der Waals surface area contributed by atoms with Gasteiger partial charge < -0.3 is 15.4 Å². The number of methoxy groups -OCH3 is 1. The maximum Gasteiger partial charge on any atom is 0.244 e. The van der Waals surface area contributed by atoms with Crippen LogP contribution in [0.2, 0.25) is 0 Å². The molecule has 0 unspecified atom stereocenters. The van der Waals surface area contributed by atoms with Gasteiger partial charge in [-0.15, -0.1) is 0 Å². The van der Waals surface area contributed by atoms with Gasteiger partial charge in [-0.3, -0.25) is 9.69 Å². The van der Waals surface area contributed by atoms with Gasteiger partial charge in [-0.25, -0.2) is 0 Å². The molecule has 2 rings (SSSR count). The fourth-order valence-electron chi connectivity index (χ4n) is 2.42. The number of carbonyl (C=O) groups excluding carboxylic acids is 1. The number of amides is 1. The number of rotatable bonds is 4. The Balaban J connectivity index is 2.14. The first kappa shape index (κ1) is 16.3. The molecule has 1 saturated heterocycles. The molecule has 21 heavy (non-hydrogen) atoms. The fourth-order valence-corrected chi connectivity index (χ4v) is 2.78. The molecule has 2 N–H and O–H groups in total. The summed E-state index contributed by atoms with van der Waals surface area (Å²) in [5, 5.41) is 6.29. The number of nitrogens with zero attached hydrogens (tertiary/aromatic N) is 1. The Morgan fingerprint density at radius 1 is 1.38 bits per heavy atom. The van der Waals surface area contributed by atoms with E-state index in [4.69, 9.17) is 4.74 Å². The summed E-state index contributed by atoms with van der Waals surface area (Å²) in [5.41, 5.74) is 0.121. The summed E-state index contributed by atoms with van der Waals surface area (Å²) in [5.74, 6) is 0.628. The highest BCUT2D eigenvalue weighted by atomic mass is 79.9. The van der Waals surface area contributed by atoms with Crippen molar-refractivity contribution in [3.05, 3.63) is 22.7 Å². The van der Waals surface area contributed by atoms with Crippen molar-refractivity contribution in [3.63, 3.8) is 0 Å². The molecule has 0 bridgehead atoms. The second kappa shape index (κ2) is 6.77. The standard InChI is InChI=1S/C15H22BrN3O2/c1-15(2,19-8-6-17-7-9-19)14(20)18-12-10-11(16)4-5-13(12)21-3/h4-5,10,17H,6-9H2,1-3H3,(H,18,20). The van der Waals surface area contributed by atoms with Gasteiger partial charge in [0.2, 0.25) is 5.91 Å². The molecule has 0 atom stereocenters. The quantitative estimate of drug-likeness (QED) is 0.868. The first-order chi connectivity index (χ1) is 9.95. The third-order valence-corrected chi connectivity index (χ3v) is 4.37. The van der Waals surface area contributed by atoms with Crippen LogP contribution in [0.1, 0.15) is 13.8 Å². The van der Waals surface area contributed by atoms with Gasteiger partial charge >= 0.3 is 0 Å². The van der Waals surface area contributed by atoms with E-state index in [1.807, 2.05) is 32.0 Å². The Hall–Kier alpha value is -1.11. The zero-order chi connectivity index (χ0) is 15.5. The molecule has 0 spiro atoms. The molecule has 1 amide bonds. The third-order valence-electron chi connectivity index (χ3n) is 3.87. The second-order valence-electron chi connectivity index (χ2n) is 5.59. The van der Waals surface area contributed by atoms with E-state index >= 15 is 0 Å². The molecule has 1 aromatic rings. The van der Waals surface area contributed by atoms with Crippen LogP contribution in [0.15, 0.2) is 22.7 Å². The predicted octanol–water partition coefficient (Wildman–Crippen LogP) is 2.08. The summed E-state index contributed by atoms with van der Waals surface area (Å²) in [7, 11) is 1.60. The van der Waals surface area contributed by atoms with E-state index in [0.717, 1.165) is 30.7 Å². The molecule has 1 heterocycles. The molecule has 6 heteroatoms. The molecular formula is C15H22BrN3O2. The lowest BCUT2D eigenvalue weighted by molar-refractivity contribution is -0.126. The first-order valence-electron chi connectivity index (χ1n) is 7.06. The van der Waals surface area contributed by atoms with E-state index < -0.39 is 5.54 Å². The van der Waals surface area contributed by atoms with E-state index in [9.17, 15) is 4.79 Å². The van der Waals surface area contributed by atoms with Gasteiger partial charge in [-0.1, -0.05) is 15.9 Å². The normalized spacial score (nSPS) is 16.6. The molecule has 0 saturated carbocycles. The van der Waals surface area contributed by atoms with Crippen LogP contribution in [-0.2, 0) is 4.79 Å². The van der Waals surface area contributed by atoms with E-state index in [1.54, 1.807) is 7.11 Å². The van der Waals surface area contributed by atoms with Crippen molar-refractivity contribution in [3.8, 4) is 5.75 Å². The Bertz CT molecular complexity index is 514. The molecule has 1 aliphatic rings. The summed E-state index contributed by atoms with van der Waals surface area (Å²) in [6.07, 6.45) is 0. The Kier molecular flexibility index (Phi) is 5.24. The van der Waals surface area contributed by atoms with Crippen molar-refractivity contribution >= 4 is 27.5 Å². The van der Waals surface area contributed by atoms with Crippen molar-refractivity contribution < 1.29 is 9.53 Å². The predicted molar refractivity (Wildman–Crippen MR) is 87.8 cm³/mol. The summed E-state index contributed by atoms with van der Waals surface area (Å²) >= 11 is 3.42. The molecular weight excluding hydrogens is 334 g/mol. The van der Waals surface area contributed by atoms with E-state index in [0.29, 0.717) is 11.4 Å². The highest BCUT2D eigenvalue weighted by molar-refractivity contribution is 9.10. The fraction of sp³-hybridized carbons (Fsp3) is 0.533. The van der Waals surface area contributed by atoms with Crippen LogP contribution in [0.4, 0.5) is 5.69 Å². The Morgan fingerprint density at radius 3 is 2.67 bits per heavy atom. The first-order valence-corrected chi connectivity index (χ1v) is 7.85. The lowest BCUT2D eigenvalue weighted by Crippen LogP contribution is -2.58. The van der Waals surface area contributed by atoms with Gasteiger partial charge in [-0.05, 0) is 32.0 Å². The number of benzene rings is 1.